The summed E-state index contributed by atoms with van der Waals surface area (Å²) in [6.45, 7) is 6.59. The van der Waals surface area contributed by atoms with Gasteiger partial charge in [-0.25, -0.2) is 0 Å². The van der Waals surface area contributed by atoms with E-state index in [1.165, 1.54) is 0 Å². The molecule has 0 saturated carbocycles. The number of hydrogen-bond donors (Lipinski definition) is 1. The lowest BCUT2D eigenvalue weighted by atomic mass is 10.3. The third-order valence-corrected chi connectivity index (χ3v) is 2.11. The van der Waals surface area contributed by atoms with Gasteiger partial charge in [0.15, 0.2) is 0 Å². The van der Waals surface area contributed by atoms with Crippen molar-refractivity contribution in [2.75, 3.05) is 33.2 Å². The molecule has 1 heterocycles. The first-order valence-electron chi connectivity index (χ1n) is 3.88. The van der Waals surface area contributed by atoms with Crippen LogP contribution < -0.4 is 5.73 Å². The van der Waals surface area contributed by atoms with Crippen LogP contribution in [0.5, 0.6) is 0 Å². The minimum Gasteiger partial charge on any atom is -0.316 e. The van der Waals surface area contributed by atoms with Gasteiger partial charge in [0.05, 0.1) is 6.17 Å². The Hall–Kier alpha value is -0.120. The predicted molar refractivity (Wildman–Crippen MR) is 42.7 cm³/mol. The summed E-state index contributed by atoms with van der Waals surface area (Å²) in [5.74, 6) is 0. The molecule has 3 nitrogen and oxygen atoms in total. The van der Waals surface area contributed by atoms with Crippen molar-refractivity contribution in [3.05, 3.63) is 0 Å². The first kappa shape index (κ1) is 7.98. The highest BCUT2D eigenvalue weighted by molar-refractivity contribution is 4.70. The lowest BCUT2D eigenvalue weighted by molar-refractivity contribution is 0.121. The molecule has 0 aromatic heterocycles. The van der Waals surface area contributed by atoms with Crippen molar-refractivity contribution >= 4 is 0 Å². The van der Waals surface area contributed by atoms with E-state index in [-0.39, 0.29) is 6.17 Å². The van der Waals surface area contributed by atoms with Gasteiger partial charge in [-0.15, -0.1) is 0 Å². The molecule has 2 N–H and O–H groups in total. The lowest BCUT2D eigenvalue weighted by Crippen LogP contribution is -2.50. The Morgan fingerprint density at radius 2 is 1.70 bits per heavy atom. The SMILES string of the molecule is CC(N)N1CCN(C)CC1. The second kappa shape index (κ2) is 3.32. The van der Waals surface area contributed by atoms with Crippen molar-refractivity contribution in [2.24, 2.45) is 5.73 Å². The standard InChI is InChI=1S/C7H17N3/c1-7(8)10-5-3-9(2)4-6-10/h7H,3-6,8H2,1-2H3. The zero-order chi connectivity index (χ0) is 7.56. The molecule has 1 atom stereocenters. The average Bonchev–Trinajstić information content (AvgIpc) is 1.88. The van der Waals surface area contributed by atoms with E-state index in [4.69, 9.17) is 5.73 Å². The quantitative estimate of drug-likeness (QED) is 0.539. The van der Waals surface area contributed by atoms with Crippen molar-refractivity contribution in [1.29, 1.82) is 0 Å². The maximum absolute atomic E-state index is 5.72. The summed E-state index contributed by atoms with van der Waals surface area (Å²) in [5.41, 5.74) is 5.72. The molecule has 1 saturated heterocycles. The van der Waals surface area contributed by atoms with Gasteiger partial charge in [0.2, 0.25) is 0 Å². The summed E-state index contributed by atoms with van der Waals surface area (Å²) in [5, 5.41) is 0. The van der Waals surface area contributed by atoms with Gasteiger partial charge < -0.3 is 10.6 Å². The Labute approximate surface area is 62.8 Å². The van der Waals surface area contributed by atoms with Gasteiger partial charge in [0.25, 0.3) is 0 Å². The molecule has 1 aliphatic heterocycles. The zero-order valence-corrected chi connectivity index (χ0v) is 6.88. The van der Waals surface area contributed by atoms with E-state index >= 15 is 0 Å². The fourth-order valence-electron chi connectivity index (χ4n) is 1.23. The number of hydrogen-bond acceptors (Lipinski definition) is 3. The van der Waals surface area contributed by atoms with Gasteiger partial charge in [-0.2, -0.15) is 0 Å². The normalized spacial score (nSPS) is 26.7. The van der Waals surface area contributed by atoms with Gasteiger partial charge in [-0.1, -0.05) is 0 Å². The molecule has 0 aromatic rings. The number of piperazine rings is 1. The Kier molecular flexibility index (Phi) is 2.65. The van der Waals surface area contributed by atoms with E-state index in [2.05, 4.69) is 16.8 Å². The Morgan fingerprint density at radius 3 is 2.10 bits per heavy atom. The maximum atomic E-state index is 5.72. The summed E-state index contributed by atoms with van der Waals surface area (Å²) in [7, 11) is 2.15. The van der Waals surface area contributed by atoms with Gasteiger partial charge in [0.1, 0.15) is 0 Å². The Morgan fingerprint density at radius 1 is 1.20 bits per heavy atom. The summed E-state index contributed by atoms with van der Waals surface area (Å²) in [4.78, 5) is 4.64. The van der Waals surface area contributed by atoms with Crippen LogP contribution in [0.15, 0.2) is 0 Å². The van der Waals surface area contributed by atoms with Crippen molar-refractivity contribution < 1.29 is 0 Å². The van der Waals surface area contributed by atoms with Crippen LogP contribution in [0.2, 0.25) is 0 Å². The molecule has 0 aliphatic carbocycles. The molecule has 0 spiro atoms. The topological polar surface area (TPSA) is 32.5 Å². The van der Waals surface area contributed by atoms with E-state index in [9.17, 15) is 0 Å². The van der Waals surface area contributed by atoms with E-state index in [1.807, 2.05) is 6.92 Å². The smallest absolute Gasteiger partial charge is 0.0543 e. The highest BCUT2D eigenvalue weighted by atomic mass is 15.3. The number of nitrogens with zero attached hydrogens (tertiary/aromatic N) is 2. The summed E-state index contributed by atoms with van der Waals surface area (Å²) < 4.78 is 0. The highest BCUT2D eigenvalue weighted by Crippen LogP contribution is 1.99. The molecule has 0 radical (unpaired) electrons. The zero-order valence-electron chi connectivity index (χ0n) is 6.88. The molecule has 3 heteroatoms. The van der Waals surface area contributed by atoms with Crippen LogP contribution in [-0.4, -0.2) is 49.2 Å². The third kappa shape index (κ3) is 1.94. The fourth-order valence-corrected chi connectivity index (χ4v) is 1.23. The Bertz CT molecular complexity index is 95.0. The summed E-state index contributed by atoms with van der Waals surface area (Å²) in [6.07, 6.45) is 0.230. The number of likely N-dealkylation sites (N-methyl/N-ethyl adjacent to an activating group) is 1. The summed E-state index contributed by atoms with van der Waals surface area (Å²) >= 11 is 0. The molecule has 0 amide bonds. The van der Waals surface area contributed by atoms with Gasteiger partial charge >= 0.3 is 0 Å². The minimum absolute atomic E-state index is 0.230. The molecule has 1 aliphatic rings. The number of rotatable bonds is 1. The molecule has 0 aromatic carbocycles. The van der Waals surface area contributed by atoms with Crippen LogP contribution in [-0.2, 0) is 0 Å². The van der Waals surface area contributed by atoms with E-state index in [0.717, 1.165) is 26.2 Å². The molecule has 1 rings (SSSR count). The van der Waals surface area contributed by atoms with Crippen LogP contribution in [0.25, 0.3) is 0 Å². The fraction of sp³-hybridized carbons (Fsp3) is 1.00. The molecule has 10 heavy (non-hydrogen) atoms. The predicted octanol–water partition coefficient (Wildman–Crippen LogP) is -0.461. The first-order chi connectivity index (χ1) is 4.70. The second-order valence-corrected chi connectivity index (χ2v) is 3.08. The lowest BCUT2D eigenvalue weighted by Gasteiger charge is -2.34. The second-order valence-electron chi connectivity index (χ2n) is 3.08. The minimum atomic E-state index is 0.230. The third-order valence-electron chi connectivity index (χ3n) is 2.11. The maximum Gasteiger partial charge on any atom is 0.0543 e. The molecule has 60 valence electrons. The van der Waals surface area contributed by atoms with Gasteiger partial charge in [-0.05, 0) is 14.0 Å². The van der Waals surface area contributed by atoms with Crippen molar-refractivity contribution in [3.63, 3.8) is 0 Å². The first-order valence-corrected chi connectivity index (χ1v) is 3.88. The molecule has 1 fully saturated rings. The largest absolute Gasteiger partial charge is 0.316 e. The van der Waals surface area contributed by atoms with Crippen molar-refractivity contribution in [1.82, 2.24) is 9.80 Å². The summed E-state index contributed by atoms with van der Waals surface area (Å²) in [6, 6.07) is 0. The molecule has 0 bridgehead atoms. The van der Waals surface area contributed by atoms with Crippen LogP contribution >= 0.6 is 0 Å². The van der Waals surface area contributed by atoms with E-state index < -0.39 is 0 Å². The van der Waals surface area contributed by atoms with Crippen LogP contribution in [0, 0.1) is 0 Å². The Balaban J connectivity index is 2.26. The average molecular weight is 143 g/mol. The van der Waals surface area contributed by atoms with E-state index in [1.54, 1.807) is 0 Å². The van der Waals surface area contributed by atoms with Crippen LogP contribution in [0.4, 0.5) is 0 Å². The molecular weight excluding hydrogens is 126 g/mol. The monoisotopic (exact) mass is 143 g/mol. The molecule has 1 unspecified atom stereocenters. The van der Waals surface area contributed by atoms with Crippen LogP contribution in [0.1, 0.15) is 6.92 Å². The number of nitrogens with two attached hydrogens (primary N) is 1. The van der Waals surface area contributed by atoms with Crippen LogP contribution in [0.3, 0.4) is 0 Å². The van der Waals surface area contributed by atoms with E-state index in [0.29, 0.717) is 0 Å². The van der Waals surface area contributed by atoms with Crippen molar-refractivity contribution in [3.8, 4) is 0 Å². The van der Waals surface area contributed by atoms with Gasteiger partial charge in [0, 0.05) is 26.2 Å². The van der Waals surface area contributed by atoms with Gasteiger partial charge in [-0.3, -0.25) is 4.90 Å². The highest BCUT2D eigenvalue weighted by Gasteiger charge is 2.15. The van der Waals surface area contributed by atoms with Crippen molar-refractivity contribution in [2.45, 2.75) is 13.1 Å². The molecular formula is C7H17N3.